The molecule has 0 bridgehead atoms. The SMILES string of the molecule is OCc1ccc(-c2sccc2-c2cc(Cl)ccc2OCc2ccccc2)cn1. The number of halogens is 1. The zero-order valence-electron chi connectivity index (χ0n) is 15.0. The summed E-state index contributed by atoms with van der Waals surface area (Å²) in [7, 11) is 0. The summed E-state index contributed by atoms with van der Waals surface area (Å²) in [6.07, 6.45) is 1.79. The Morgan fingerprint density at radius 2 is 1.82 bits per heavy atom. The second kappa shape index (κ2) is 8.57. The van der Waals surface area contributed by atoms with Crippen LogP contribution in [0.25, 0.3) is 21.6 Å². The molecule has 0 saturated heterocycles. The zero-order chi connectivity index (χ0) is 19.3. The molecule has 0 saturated carbocycles. The van der Waals surface area contributed by atoms with E-state index in [2.05, 4.69) is 11.1 Å². The van der Waals surface area contributed by atoms with Crippen LogP contribution < -0.4 is 4.74 Å². The number of benzene rings is 2. The lowest BCUT2D eigenvalue weighted by Crippen LogP contribution is -1.97. The molecule has 0 atom stereocenters. The van der Waals surface area contributed by atoms with Crippen LogP contribution in [0, 0.1) is 0 Å². The van der Waals surface area contributed by atoms with Crippen LogP contribution in [0.5, 0.6) is 5.75 Å². The van der Waals surface area contributed by atoms with Gasteiger partial charge in [-0.15, -0.1) is 11.3 Å². The number of pyridine rings is 1. The Bertz CT molecular complexity index is 1060. The van der Waals surface area contributed by atoms with Crippen LogP contribution in [0.4, 0.5) is 0 Å². The highest BCUT2D eigenvalue weighted by Crippen LogP contribution is 2.41. The molecule has 28 heavy (non-hydrogen) atoms. The number of aromatic nitrogens is 1. The van der Waals surface area contributed by atoms with E-state index in [0.717, 1.165) is 32.9 Å². The van der Waals surface area contributed by atoms with Crippen molar-refractivity contribution in [2.24, 2.45) is 0 Å². The van der Waals surface area contributed by atoms with E-state index < -0.39 is 0 Å². The standard InChI is InChI=1S/C23H18ClNO2S/c24-18-7-9-22(27-15-16-4-2-1-3-5-16)21(12-18)20-10-11-28-23(20)17-6-8-19(14-26)25-13-17/h1-13,26H,14-15H2. The summed E-state index contributed by atoms with van der Waals surface area (Å²) >= 11 is 7.94. The predicted molar refractivity (Wildman–Crippen MR) is 115 cm³/mol. The van der Waals surface area contributed by atoms with Crippen LogP contribution in [0.15, 0.2) is 78.3 Å². The number of aliphatic hydroxyl groups excluding tert-OH is 1. The number of hydrogen-bond acceptors (Lipinski definition) is 4. The average molecular weight is 408 g/mol. The Kier molecular flexibility index (Phi) is 5.72. The quantitative estimate of drug-likeness (QED) is 0.413. The van der Waals surface area contributed by atoms with Crippen molar-refractivity contribution in [1.29, 1.82) is 0 Å². The first-order valence-electron chi connectivity index (χ1n) is 8.85. The third-order valence-electron chi connectivity index (χ3n) is 4.38. The normalized spacial score (nSPS) is 10.8. The first kappa shape index (κ1) is 18.7. The Morgan fingerprint density at radius 3 is 2.57 bits per heavy atom. The van der Waals surface area contributed by atoms with Crippen LogP contribution in [-0.2, 0) is 13.2 Å². The fraction of sp³-hybridized carbons (Fsp3) is 0.0870. The molecule has 3 nitrogen and oxygen atoms in total. The second-order valence-electron chi connectivity index (χ2n) is 6.27. The summed E-state index contributed by atoms with van der Waals surface area (Å²) in [6.45, 7) is 0.422. The largest absolute Gasteiger partial charge is 0.488 e. The molecule has 0 radical (unpaired) electrons. The molecule has 0 spiro atoms. The predicted octanol–water partition coefficient (Wildman–Crippen LogP) is 6.20. The van der Waals surface area contributed by atoms with Crippen molar-refractivity contribution in [1.82, 2.24) is 4.98 Å². The van der Waals surface area contributed by atoms with Gasteiger partial charge in [0.25, 0.3) is 0 Å². The van der Waals surface area contributed by atoms with Gasteiger partial charge in [-0.2, -0.15) is 0 Å². The highest BCUT2D eigenvalue weighted by atomic mass is 35.5. The minimum absolute atomic E-state index is 0.0661. The van der Waals surface area contributed by atoms with Crippen molar-refractivity contribution in [2.75, 3.05) is 0 Å². The molecule has 2 aromatic heterocycles. The first-order chi connectivity index (χ1) is 13.7. The van der Waals surface area contributed by atoms with E-state index >= 15 is 0 Å². The molecule has 0 fully saturated rings. The van der Waals surface area contributed by atoms with Crippen LogP contribution in [0.1, 0.15) is 11.3 Å². The third kappa shape index (κ3) is 4.09. The summed E-state index contributed by atoms with van der Waals surface area (Å²) in [6, 6.07) is 21.6. The van der Waals surface area contributed by atoms with E-state index in [-0.39, 0.29) is 6.61 Å². The maximum absolute atomic E-state index is 9.22. The van der Waals surface area contributed by atoms with Gasteiger partial charge in [-0.25, -0.2) is 0 Å². The number of aliphatic hydroxyl groups is 1. The molecule has 1 N–H and O–H groups in total. The Labute approximate surface area is 172 Å². The van der Waals surface area contributed by atoms with Gasteiger partial charge >= 0.3 is 0 Å². The van der Waals surface area contributed by atoms with Crippen molar-refractivity contribution in [3.05, 3.63) is 94.6 Å². The maximum Gasteiger partial charge on any atom is 0.127 e. The molecular formula is C23H18ClNO2S. The number of ether oxygens (including phenoxy) is 1. The summed E-state index contributed by atoms with van der Waals surface area (Å²) in [4.78, 5) is 5.39. The Hall–Kier alpha value is -2.66. The summed E-state index contributed by atoms with van der Waals surface area (Å²) in [5.41, 5.74) is 4.76. The lowest BCUT2D eigenvalue weighted by Gasteiger charge is -2.13. The van der Waals surface area contributed by atoms with Crippen LogP contribution in [0.2, 0.25) is 5.02 Å². The second-order valence-corrected chi connectivity index (χ2v) is 7.63. The lowest BCUT2D eigenvalue weighted by atomic mass is 10.0. The van der Waals surface area contributed by atoms with Gasteiger partial charge in [0.15, 0.2) is 0 Å². The summed E-state index contributed by atoms with van der Waals surface area (Å²) in [5.74, 6) is 0.785. The monoisotopic (exact) mass is 407 g/mol. The van der Waals surface area contributed by atoms with Crippen molar-refractivity contribution in [2.45, 2.75) is 13.2 Å². The van der Waals surface area contributed by atoms with Crippen molar-refractivity contribution < 1.29 is 9.84 Å². The van der Waals surface area contributed by atoms with Crippen molar-refractivity contribution in [3.8, 4) is 27.3 Å². The molecular weight excluding hydrogens is 390 g/mol. The number of hydrogen-bond donors (Lipinski definition) is 1. The molecule has 2 aromatic carbocycles. The average Bonchev–Trinajstić information content (AvgIpc) is 3.23. The van der Waals surface area contributed by atoms with Gasteiger partial charge in [0.1, 0.15) is 12.4 Å². The molecule has 0 aliphatic rings. The molecule has 0 amide bonds. The molecule has 5 heteroatoms. The Balaban J connectivity index is 1.69. The van der Waals surface area contributed by atoms with Crippen LogP contribution in [-0.4, -0.2) is 10.1 Å². The third-order valence-corrected chi connectivity index (χ3v) is 5.58. The van der Waals surface area contributed by atoms with Crippen LogP contribution >= 0.6 is 22.9 Å². The molecule has 2 heterocycles. The van der Waals surface area contributed by atoms with Gasteiger partial charge in [-0.1, -0.05) is 48.0 Å². The highest BCUT2D eigenvalue weighted by Gasteiger charge is 2.15. The fourth-order valence-corrected chi connectivity index (χ4v) is 4.05. The van der Waals surface area contributed by atoms with Gasteiger partial charge < -0.3 is 9.84 Å². The van der Waals surface area contributed by atoms with E-state index in [1.807, 2.05) is 66.0 Å². The summed E-state index contributed by atoms with van der Waals surface area (Å²) < 4.78 is 6.13. The number of rotatable bonds is 6. The van der Waals surface area contributed by atoms with E-state index in [1.165, 1.54) is 0 Å². The van der Waals surface area contributed by atoms with Crippen molar-refractivity contribution >= 4 is 22.9 Å². The maximum atomic E-state index is 9.22. The highest BCUT2D eigenvalue weighted by molar-refractivity contribution is 7.14. The molecule has 0 aliphatic heterocycles. The first-order valence-corrected chi connectivity index (χ1v) is 10.1. The Morgan fingerprint density at radius 1 is 0.964 bits per heavy atom. The molecule has 4 rings (SSSR count). The van der Waals surface area contributed by atoms with Crippen LogP contribution in [0.3, 0.4) is 0 Å². The van der Waals surface area contributed by atoms with Gasteiger partial charge in [0, 0.05) is 32.8 Å². The van der Waals surface area contributed by atoms with Gasteiger partial charge in [-0.3, -0.25) is 4.98 Å². The smallest absolute Gasteiger partial charge is 0.127 e. The van der Waals surface area contributed by atoms with Gasteiger partial charge in [0.05, 0.1) is 12.3 Å². The summed E-state index contributed by atoms with van der Waals surface area (Å²) in [5, 5.41) is 11.9. The number of thiophene rings is 1. The minimum Gasteiger partial charge on any atom is -0.488 e. The fourth-order valence-electron chi connectivity index (χ4n) is 2.97. The van der Waals surface area contributed by atoms with Crippen molar-refractivity contribution in [3.63, 3.8) is 0 Å². The van der Waals surface area contributed by atoms with E-state index in [9.17, 15) is 5.11 Å². The van der Waals surface area contributed by atoms with E-state index in [4.69, 9.17) is 16.3 Å². The molecule has 140 valence electrons. The minimum atomic E-state index is -0.0661. The van der Waals surface area contributed by atoms with Gasteiger partial charge in [-0.05, 0) is 41.3 Å². The lowest BCUT2D eigenvalue weighted by molar-refractivity contribution is 0.277. The number of nitrogens with zero attached hydrogens (tertiary/aromatic N) is 1. The van der Waals surface area contributed by atoms with E-state index in [0.29, 0.717) is 17.3 Å². The van der Waals surface area contributed by atoms with E-state index in [1.54, 1.807) is 17.5 Å². The molecule has 0 aliphatic carbocycles. The van der Waals surface area contributed by atoms with Gasteiger partial charge in [0.2, 0.25) is 0 Å². The molecule has 0 unspecified atom stereocenters. The topological polar surface area (TPSA) is 42.4 Å². The zero-order valence-corrected chi connectivity index (χ0v) is 16.6. The molecule has 4 aromatic rings.